The van der Waals surface area contributed by atoms with Crippen LogP contribution in [-0.2, 0) is 38.5 Å². The van der Waals surface area contributed by atoms with Crippen LogP contribution in [0.15, 0.2) is 81.2 Å². The Kier molecular flexibility index (Phi) is 9.65. The number of benzene rings is 3. The Morgan fingerprint density at radius 2 is 1.44 bits per heavy atom. The zero-order valence-electron chi connectivity index (χ0n) is 25.0. The molecule has 3 aromatic carbocycles. The fourth-order valence-corrected chi connectivity index (χ4v) is 15.0. The van der Waals surface area contributed by atoms with Crippen LogP contribution in [0.25, 0.3) is 11.1 Å². The molecule has 0 fully saturated rings. The van der Waals surface area contributed by atoms with E-state index in [9.17, 15) is 0 Å². The molecule has 2 aliphatic rings. The molecular weight excluding hydrogens is 595 g/mol. The summed E-state index contributed by atoms with van der Waals surface area (Å²) < 4.78 is 6.22. The van der Waals surface area contributed by atoms with Crippen molar-refractivity contribution in [1.29, 1.82) is 0 Å². The summed E-state index contributed by atoms with van der Waals surface area (Å²) >= 11 is -2.49. The van der Waals surface area contributed by atoms with Gasteiger partial charge in [0.15, 0.2) is 0 Å². The molecule has 0 saturated heterocycles. The van der Waals surface area contributed by atoms with E-state index in [1.165, 1.54) is 33.4 Å². The predicted octanol–water partition coefficient (Wildman–Crippen LogP) is 2.82. The van der Waals surface area contributed by atoms with Crippen molar-refractivity contribution < 1.29 is 46.1 Å². The minimum atomic E-state index is -2.49. The van der Waals surface area contributed by atoms with Gasteiger partial charge in [0.1, 0.15) is 0 Å². The summed E-state index contributed by atoms with van der Waals surface area (Å²) in [6, 6.07) is 23.3. The largest absolute Gasteiger partial charge is 1.00 e. The van der Waals surface area contributed by atoms with Gasteiger partial charge in [0.2, 0.25) is 0 Å². The average Bonchev–Trinajstić information content (AvgIpc) is 3.32. The van der Waals surface area contributed by atoms with Crippen LogP contribution in [0, 0.1) is 5.92 Å². The number of allylic oxidation sites excluding steroid dienone is 4. The summed E-state index contributed by atoms with van der Waals surface area (Å²) in [5, 5.41) is 0. The van der Waals surface area contributed by atoms with Gasteiger partial charge in [-0.3, -0.25) is 0 Å². The Hall–Kier alpha value is -1.53. The Morgan fingerprint density at radius 3 is 2.00 bits per heavy atom. The third-order valence-electron chi connectivity index (χ3n) is 8.37. The number of hydrogen-bond acceptors (Lipinski definition) is 0. The summed E-state index contributed by atoms with van der Waals surface area (Å²) in [6.45, 7) is 21.3. The van der Waals surface area contributed by atoms with E-state index in [2.05, 4.69) is 133 Å². The van der Waals surface area contributed by atoms with E-state index in [4.69, 9.17) is 0 Å². The van der Waals surface area contributed by atoms with E-state index < -0.39 is 21.3 Å². The second-order valence-electron chi connectivity index (χ2n) is 13.2. The van der Waals surface area contributed by atoms with Gasteiger partial charge in [-0.2, -0.15) is 0 Å². The first-order chi connectivity index (χ1) is 17.4. The van der Waals surface area contributed by atoms with Crippen LogP contribution in [-0.4, -0.2) is 3.71 Å². The topological polar surface area (TPSA) is 0 Å². The van der Waals surface area contributed by atoms with Crippen molar-refractivity contribution in [3.63, 3.8) is 0 Å². The molecule has 3 aromatic rings. The van der Waals surface area contributed by atoms with E-state index in [-0.39, 0.29) is 35.6 Å². The van der Waals surface area contributed by atoms with Gasteiger partial charge >= 0.3 is 234 Å². The summed E-state index contributed by atoms with van der Waals surface area (Å²) in [7, 11) is 0. The molecule has 204 valence electrons. The van der Waals surface area contributed by atoms with E-state index in [1.807, 2.05) is 0 Å². The quantitative estimate of drug-likeness (QED) is 0.325. The zero-order chi connectivity index (χ0) is 26.7. The van der Waals surface area contributed by atoms with Crippen molar-refractivity contribution in [3.8, 4) is 11.1 Å². The SMILES string of the molecule is CC1=CC(C)[C](/[Zr+2](=[CH]/c2ccccc2)[c]2c(C(C)(C)C)ccc3c2Cc2cc(C(C)(C)C)ccc2-3)=C1C.[Cl-].[Cl-]. The molecule has 0 nitrogen and oxygen atoms in total. The minimum Gasteiger partial charge on any atom is -1.00 e. The van der Waals surface area contributed by atoms with Crippen LogP contribution >= 0.6 is 0 Å². The third kappa shape index (κ3) is 6.07. The normalized spacial score (nSPS) is 16.3. The smallest absolute Gasteiger partial charge is 1.00 e. The van der Waals surface area contributed by atoms with Crippen LogP contribution < -0.4 is 28.1 Å². The zero-order valence-corrected chi connectivity index (χ0v) is 28.9. The van der Waals surface area contributed by atoms with Crippen molar-refractivity contribution >= 4 is 6.98 Å². The van der Waals surface area contributed by atoms with Gasteiger partial charge in [0, 0.05) is 0 Å². The molecule has 0 spiro atoms. The maximum Gasteiger partial charge on any atom is -1.00 e. The van der Waals surface area contributed by atoms with Crippen LogP contribution in [0.3, 0.4) is 0 Å². The Morgan fingerprint density at radius 1 is 0.795 bits per heavy atom. The number of halogens is 2. The Balaban J connectivity index is 0.00000210. The monoisotopic (exact) mass is 634 g/mol. The molecule has 3 heteroatoms. The van der Waals surface area contributed by atoms with Gasteiger partial charge in [-0.15, -0.1) is 0 Å². The standard InChI is InChI=1S/C21H25.C8H11.C7H6.2ClH.Zr/c1-20(2,3)16-7-9-18-14(12-16)11-15-13-17(21(4,5)6)8-10-19(15)18;1-6-4-7(2)8(3)5-6;1-7-5-3-2-4-6-7;;;/h7-10,12H,11H2,1-6H3;4,6H,1-3H3;1-6H;2*1H;/q;;;;;+2/p-2. The first-order valence-corrected chi connectivity index (χ1v) is 17.7. The van der Waals surface area contributed by atoms with E-state index >= 15 is 0 Å². The fraction of sp³-hybridized carbons (Fsp3) is 0.361. The molecule has 0 saturated carbocycles. The second kappa shape index (κ2) is 11.8. The van der Waals surface area contributed by atoms with E-state index in [1.54, 1.807) is 23.3 Å². The molecule has 0 bridgehead atoms. The maximum atomic E-state index is 2.73. The predicted molar refractivity (Wildman–Crippen MR) is 159 cm³/mol. The molecule has 39 heavy (non-hydrogen) atoms. The van der Waals surface area contributed by atoms with Gasteiger partial charge in [0.25, 0.3) is 0 Å². The molecule has 5 rings (SSSR count). The fourth-order valence-electron chi connectivity index (χ4n) is 6.26. The van der Waals surface area contributed by atoms with Crippen molar-refractivity contribution in [2.75, 3.05) is 0 Å². The molecule has 1 unspecified atom stereocenters. The first-order valence-electron chi connectivity index (χ1n) is 13.8. The van der Waals surface area contributed by atoms with Crippen molar-refractivity contribution in [3.05, 3.63) is 109 Å². The summed E-state index contributed by atoms with van der Waals surface area (Å²) in [6.07, 6.45) is 3.57. The molecule has 0 N–H and O–H groups in total. The van der Waals surface area contributed by atoms with Gasteiger partial charge in [-0.25, -0.2) is 0 Å². The number of hydrogen-bond donors (Lipinski definition) is 0. The molecule has 0 aliphatic heterocycles. The second-order valence-corrected chi connectivity index (χ2v) is 18.5. The number of rotatable bonds is 3. The van der Waals surface area contributed by atoms with Crippen LogP contribution in [0.4, 0.5) is 0 Å². The van der Waals surface area contributed by atoms with Gasteiger partial charge in [0.05, 0.1) is 0 Å². The van der Waals surface area contributed by atoms with Gasteiger partial charge < -0.3 is 24.8 Å². The average molecular weight is 637 g/mol. The van der Waals surface area contributed by atoms with Gasteiger partial charge in [-0.1, -0.05) is 0 Å². The van der Waals surface area contributed by atoms with Crippen molar-refractivity contribution in [1.82, 2.24) is 0 Å². The van der Waals surface area contributed by atoms with Gasteiger partial charge in [-0.05, 0) is 0 Å². The number of fused-ring (bicyclic) bond motifs is 3. The summed E-state index contributed by atoms with van der Waals surface area (Å²) in [5.74, 6) is 0.523. The molecule has 1 atom stereocenters. The molecule has 0 amide bonds. The molecule has 0 radical (unpaired) electrons. The van der Waals surface area contributed by atoms with Crippen molar-refractivity contribution in [2.24, 2.45) is 5.92 Å². The first kappa shape index (κ1) is 32.0. The van der Waals surface area contributed by atoms with Crippen LogP contribution in [0.1, 0.15) is 90.1 Å². The Bertz CT molecular complexity index is 1470. The van der Waals surface area contributed by atoms with E-state index in [0.29, 0.717) is 5.92 Å². The van der Waals surface area contributed by atoms with Crippen LogP contribution in [0.2, 0.25) is 0 Å². The molecule has 0 heterocycles. The van der Waals surface area contributed by atoms with Crippen molar-refractivity contribution in [2.45, 2.75) is 79.6 Å². The summed E-state index contributed by atoms with van der Waals surface area (Å²) in [5.41, 5.74) is 13.7. The van der Waals surface area contributed by atoms with E-state index in [0.717, 1.165) is 6.42 Å². The Labute approximate surface area is 257 Å². The molecular formula is C36H42Cl2Zr. The van der Waals surface area contributed by atoms with Crippen LogP contribution in [0.5, 0.6) is 0 Å². The maximum absolute atomic E-state index is 2.73. The minimum absolute atomic E-state index is 0. The molecule has 2 aliphatic carbocycles. The molecule has 0 aromatic heterocycles. The summed E-state index contributed by atoms with van der Waals surface area (Å²) in [4.78, 5) is 0. The third-order valence-corrected chi connectivity index (χ3v) is 16.1.